The highest BCUT2D eigenvalue weighted by Gasteiger charge is 2.06. The zero-order valence-electron chi connectivity index (χ0n) is 12.1. The van der Waals surface area contributed by atoms with Gasteiger partial charge in [0.15, 0.2) is 0 Å². The summed E-state index contributed by atoms with van der Waals surface area (Å²) in [6, 6.07) is 17.3. The maximum absolute atomic E-state index is 3.23. The maximum atomic E-state index is 3.23. The summed E-state index contributed by atoms with van der Waals surface area (Å²) in [5.74, 6) is 0. The summed E-state index contributed by atoms with van der Waals surface area (Å²) < 4.78 is 2.33. The molecule has 3 rings (SSSR count). The first-order chi connectivity index (χ1) is 9.79. The van der Waals surface area contributed by atoms with Crippen LogP contribution in [-0.2, 0) is 13.1 Å². The Morgan fingerprint density at radius 1 is 0.950 bits per heavy atom. The molecule has 2 heteroatoms. The maximum Gasteiger partial charge on any atom is 0.0486 e. The lowest BCUT2D eigenvalue weighted by Gasteiger charge is -2.09. The number of aromatic nitrogens is 1. The van der Waals surface area contributed by atoms with Gasteiger partial charge in [-0.05, 0) is 42.8 Å². The quantitative estimate of drug-likeness (QED) is 0.760. The van der Waals surface area contributed by atoms with E-state index in [1.54, 1.807) is 0 Å². The number of aryl methyl sites for hydroxylation is 1. The van der Waals surface area contributed by atoms with E-state index in [9.17, 15) is 0 Å². The van der Waals surface area contributed by atoms with Gasteiger partial charge in [0.05, 0.1) is 0 Å². The monoisotopic (exact) mass is 264 g/mol. The number of fused-ring (bicyclic) bond motifs is 1. The minimum absolute atomic E-state index is 0.908. The fourth-order valence-corrected chi connectivity index (χ4v) is 2.74. The van der Waals surface area contributed by atoms with E-state index in [0.717, 1.165) is 13.1 Å². The molecule has 0 radical (unpaired) electrons. The van der Waals surface area contributed by atoms with Crippen molar-refractivity contribution in [3.8, 4) is 0 Å². The predicted molar refractivity (Wildman–Crippen MR) is 85.0 cm³/mol. The van der Waals surface area contributed by atoms with Crippen molar-refractivity contribution < 1.29 is 0 Å². The molecule has 0 fully saturated rings. The summed E-state index contributed by atoms with van der Waals surface area (Å²) in [7, 11) is 1.99. The number of benzene rings is 2. The van der Waals surface area contributed by atoms with Crippen molar-refractivity contribution in [2.45, 2.75) is 20.0 Å². The SMILES string of the molecule is CNCc1cccc2c1ccn2Cc1ccccc1C. The van der Waals surface area contributed by atoms with Gasteiger partial charge in [0.2, 0.25) is 0 Å². The lowest BCUT2D eigenvalue weighted by Crippen LogP contribution is -2.05. The van der Waals surface area contributed by atoms with E-state index in [1.165, 1.54) is 27.6 Å². The van der Waals surface area contributed by atoms with Crippen LogP contribution in [0.4, 0.5) is 0 Å². The molecule has 0 amide bonds. The molecule has 0 bridgehead atoms. The first-order valence-corrected chi connectivity index (χ1v) is 7.05. The summed E-state index contributed by atoms with van der Waals surface area (Å²) in [4.78, 5) is 0. The Labute approximate surface area is 120 Å². The standard InChI is InChI=1S/C18H20N2/c1-14-6-3-4-7-16(14)13-20-11-10-17-15(12-19-2)8-5-9-18(17)20/h3-11,19H,12-13H2,1-2H3. The fraction of sp³-hybridized carbons (Fsp3) is 0.222. The second-order valence-electron chi connectivity index (χ2n) is 5.25. The van der Waals surface area contributed by atoms with Crippen molar-refractivity contribution in [1.29, 1.82) is 0 Å². The van der Waals surface area contributed by atoms with E-state index in [1.807, 2.05) is 7.05 Å². The van der Waals surface area contributed by atoms with Crippen LogP contribution in [0.15, 0.2) is 54.7 Å². The van der Waals surface area contributed by atoms with Crippen LogP contribution in [0, 0.1) is 6.92 Å². The van der Waals surface area contributed by atoms with E-state index in [0.29, 0.717) is 0 Å². The average Bonchev–Trinajstić information content (AvgIpc) is 2.86. The molecule has 0 saturated heterocycles. The third-order valence-electron chi connectivity index (χ3n) is 3.87. The lowest BCUT2D eigenvalue weighted by atomic mass is 10.1. The Morgan fingerprint density at radius 3 is 2.55 bits per heavy atom. The molecule has 20 heavy (non-hydrogen) atoms. The molecule has 0 spiro atoms. The van der Waals surface area contributed by atoms with Crippen molar-refractivity contribution in [1.82, 2.24) is 9.88 Å². The molecule has 1 heterocycles. The van der Waals surface area contributed by atoms with Gasteiger partial charge >= 0.3 is 0 Å². The van der Waals surface area contributed by atoms with E-state index in [-0.39, 0.29) is 0 Å². The number of rotatable bonds is 4. The molecular formula is C18H20N2. The smallest absolute Gasteiger partial charge is 0.0486 e. The molecule has 2 aromatic carbocycles. The van der Waals surface area contributed by atoms with Gasteiger partial charge in [-0.15, -0.1) is 0 Å². The summed E-state index contributed by atoms with van der Waals surface area (Å²) in [6.07, 6.45) is 2.19. The highest BCUT2D eigenvalue weighted by atomic mass is 15.0. The van der Waals surface area contributed by atoms with Gasteiger partial charge in [-0.2, -0.15) is 0 Å². The van der Waals surface area contributed by atoms with Crippen LogP contribution < -0.4 is 5.32 Å². The first kappa shape index (κ1) is 12.9. The molecule has 0 aliphatic heterocycles. The Hall–Kier alpha value is -2.06. The van der Waals surface area contributed by atoms with Crippen LogP contribution in [0.2, 0.25) is 0 Å². The molecule has 102 valence electrons. The molecule has 0 aliphatic carbocycles. The van der Waals surface area contributed by atoms with Crippen LogP contribution in [0.1, 0.15) is 16.7 Å². The molecule has 0 aliphatic rings. The van der Waals surface area contributed by atoms with Gasteiger partial charge in [0.1, 0.15) is 0 Å². The van der Waals surface area contributed by atoms with Gasteiger partial charge < -0.3 is 9.88 Å². The third-order valence-corrected chi connectivity index (χ3v) is 3.87. The van der Waals surface area contributed by atoms with E-state index >= 15 is 0 Å². The topological polar surface area (TPSA) is 17.0 Å². The average molecular weight is 264 g/mol. The molecule has 0 unspecified atom stereocenters. The Morgan fingerprint density at radius 2 is 1.75 bits per heavy atom. The van der Waals surface area contributed by atoms with Crippen LogP contribution >= 0.6 is 0 Å². The van der Waals surface area contributed by atoms with Gasteiger partial charge in [-0.1, -0.05) is 36.4 Å². The van der Waals surface area contributed by atoms with Gasteiger partial charge in [0.25, 0.3) is 0 Å². The summed E-state index contributed by atoms with van der Waals surface area (Å²) in [5.41, 5.74) is 5.39. The molecule has 3 aromatic rings. The minimum Gasteiger partial charge on any atom is -0.343 e. The van der Waals surface area contributed by atoms with Crippen molar-refractivity contribution in [2.75, 3.05) is 7.05 Å². The normalized spacial score (nSPS) is 11.1. The molecule has 0 atom stereocenters. The second-order valence-corrected chi connectivity index (χ2v) is 5.25. The summed E-state index contributed by atoms with van der Waals surface area (Å²) >= 11 is 0. The van der Waals surface area contributed by atoms with E-state index in [4.69, 9.17) is 0 Å². The second kappa shape index (κ2) is 5.51. The van der Waals surface area contributed by atoms with Crippen LogP contribution in [0.3, 0.4) is 0 Å². The van der Waals surface area contributed by atoms with Gasteiger partial charge in [0, 0.05) is 30.2 Å². The molecule has 1 N–H and O–H groups in total. The first-order valence-electron chi connectivity index (χ1n) is 7.05. The Kier molecular flexibility index (Phi) is 3.57. The molecular weight excluding hydrogens is 244 g/mol. The van der Waals surface area contributed by atoms with Crippen molar-refractivity contribution in [3.05, 3.63) is 71.4 Å². The zero-order chi connectivity index (χ0) is 13.9. The van der Waals surface area contributed by atoms with Crippen molar-refractivity contribution >= 4 is 10.9 Å². The summed E-state index contributed by atoms with van der Waals surface area (Å²) in [5, 5.41) is 4.58. The number of nitrogens with zero attached hydrogens (tertiary/aromatic N) is 1. The summed E-state index contributed by atoms with van der Waals surface area (Å²) in [6.45, 7) is 4.01. The Balaban J connectivity index is 2.01. The third kappa shape index (κ3) is 2.35. The van der Waals surface area contributed by atoms with Crippen LogP contribution in [0.5, 0.6) is 0 Å². The number of hydrogen-bond acceptors (Lipinski definition) is 1. The fourth-order valence-electron chi connectivity index (χ4n) is 2.74. The van der Waals surface area contributed by atoms with E-state index in [2.05, 4.69) is 71.5 Å². The number of nitrogens with one attached hydrogen (secondary N) is 1. The lowest BCUT2D eigenvalue weighted by molar-refractivity contribution is 0.819. The van der Waals surface area contributed by atoms with Crippen LogP contribution in [0.25, 0.3) is 10.9 Å². The molecule has 2 nitrogen and oxygen atoms in total. The highest BCUT2D eigenvalue weighted by Crippen LogP contribution is 2.22. The van der Waals surface area contributed by atoms with Gasteiger partial charge in [-0.25, -0.2) is 0 Å². The zero-order valence-corrected chi connectivity index (χ0v) is 12.1. The van der Waals surface area contributed by atoms with Crippen LogP contribution in [-0.4, -0.2) is 11.6 Å². The molecule has 1 aromatic heterocycles. The Bertz CT molecular complexity index is 725. The van der Waals surface area contributed by atoms with E-state index < -0.39 is 0 Å². The largest absolute Gasteiger partial charge is 0.343 e. The van der Waals surface area contributed by atoms with Crippen molar-refractivity contribution in [3.63, 3.8) is 0 Å². The predicted octanol–water partition coefficient (Wildman–Crippen LogP) is 3.72. The minimum atomic E-state index is 0.908. The van der Waals surface area contributed by atoms with Gasteiger partial charge in [-0.3, -0.25) is 0 Å². The van der Waals surface area contributed by atoms with Crippen molar-refractivity contribution in [2.24, 2.45) is 0 Å². The highest BCUT2D eigenvalue weighted by molar-refractivity contribution is 5.83. The molecule has 0 saturated carbocycles. The number of hydrogen-bond donors (Lipinski definition) is 1.